The lowest BCUT2D eigenvalue weighted by molar-refractivity contribution is 0.0698. The van der Waals surface area contributed by atoms with E-state index in [-0.39, 0.29) is 17.6 Å². The van der Waals surface area contributed by atoms with E-state index in [1.54, 1.807) is 19.1 Å². The van der Waals surface area contributed by atoms with Crippen LogP contribution in [0.1, 0.15) is 42.6 Å². The first-order chi connectivity index (χ1) is 9.91. The second-order valence-corrected chi connectivity index (χ2v) is 5.88. The highest BCUT2D eigenvalue weighted by atomic mass is 16.4. The van der Waals surface area contributed by atoms with Gasteiger partial charge in [-0.15, -0.1) is 0 Å². The first-order valence-electron chi connectivity index (χ1n) is 7.32. The van der Waals surface area contributed by atoms with Crippen molar-refractivity contribution >= 4 is 17.7 Å². The normalized spacial score (nSPS) is 18.1. The number of urea groups is 1. The maximum Gasteiger partial charge on any atom is 0.337 e. The maximum absolute atomic E-state index is 12.5. The number of hydrogen-bond acceptors (Lipinski definition) is 2. The van der Waals surface area contributed by atoms with Crippen LogP contribution >= 0.6 is 0 Å². The van der Waals surface area contributed by atoms with Gasteiger partial charge in [-0.3, -0.25) is 0 Å². The van der Waals surface area contributed by atoms with E-state index in [1.807, 2.05) is 4.90 Å². The van der Waals surface area contributed by atoms with Crippen LogP contribution in [-0.2, 0) is 0 Å². The Bertz CT molecular complexity index is 554. The largest absolute Gasteiger partial charge is 0.478 e. The molecule has 114 valence electrons. The molecule has 0 bridgehead atoms. The molecule has 5 nitrogen and oxygen atoms in total. The molecule has 1 aliphatic rings. The Labute approximate surface area is 125 Å². The number of rotatable bonds is 3. The number of nitrogens with zero attached hydrogens (tertiary/aromatic N) is 1. The summed E-state index contributed by atoms with van der Waals surface area (Å²) in [5, 5.41) is 12.0. The van der Waals surface area contributed by atoms with E-state index in [9.17, 15) is 14.7 Å². The summed E-state index contributed by atoms with van der Waals surface area (Å²) in [7, 11) is 0. The SMILES string of the molecule is Cc1cccc(C(=O)O)c1NC(=O)N1CCCC1C(C)C. The first kappa shape index (κ1) is 15.4. The topological polar surface area (TPSA) is 69.6 Å². The van der Waals surface area contributed by atoms with Crippen LogP contribution in [-0.4, -0.2) is 34.6 Å². The lowest BCUT2D eigenvalue weighted by Gasteiger charge is -2.28. The van der Waals surface area contributed by atoms with E-state index in [0.717, 1.165) is 24.9 Å². The van der Waals surface area contributed by atoms with Gasteiger partial charge in [0.2, 0.25) is 0 Å². The van der Waals surface area contributed by atoms with Crippen molar-refractivity contribution in [2.45, 2.75) is 39.7 Å². The van der Waals surface area contributed by atoms with Crippen LogP contribution in [0.15, 0.2) is 18.2 Å². The molecule has 1 unspecified atom stereocenters. The van der Waals surface area contributed by atoms with Crippen LogP contribution < -0.4 is 5.32 Å². The zero-order valence-electron chi connectivity index (χ0n) is 12.7. The van der Waals surface area contributed by atoms with Crippen molar-refractivity contribution in [3.8, 4) is 0 Å². The van der Waals surface area contributed by atoms with Crippen LogP contribution in [0.2, 0.25) is 0 Å². The van der Waals surface area contributed by atoms with Crippen LogP contribution in [0.3, 0.4) is 0 Å². The predicted molar refractivity (Wildman–Crippen MR) is 81.7 cm³/mol. The molecule has 1 saturated heterocycles. The highest BCUT2D eigenvalue weighted by molar-refractivity contribution is 6.01. The second-order valence-electron chi connectivity index (χ2n) is 5.88. The summed E-state index contributed by atoms with van der Waals surface area (Å²) in [6.07, 6.45) is 2.00. The van der Waals surface area contributed by atoms with Gasteiger partial charge in [-0.25, -0.2) is 9.59 Å². The monoisotopic (exact) mass is 290 g/mol. The molecule has 5 heteroatoms. The van der Waals surface area contributed by atoms with Crippen LogP contribution in [0, 0.1) is 12.8 Å². The molecule has 2 N–H and O–H groups in total. The summed E-state index contributed by atoms with van der Waals surface area (Å²) >= 11 is 0. The second kappa shape index (κ2) is 6.16. The van der Waals surface area contributed by atoms with Gasteiger partial charge < -0.3 is 15.3 Å². The number of aromatic carboxylic acids is 1. The minimum atomic E-state index is -1.03. The average Bonchev–Trinajstić information content (AvgIpc) is 2.90. The molecule has 1 aromatic carbocycles. The van der Waals surface area contributed by atoms with Crippen LogP contribution in [0.5, 0.6) is 0 Å². The summed E-state index contributed by atoms with van der Waals surface area (Å²) in [6.45, 7) is 6.73. The number of para-hydroxylation sites is 1. The predicted octanol–water partition coefficient (Wildman–Crippen LogP) is 3.35. The Morgan fingerprint density at radius 2 is 2.10 bits per heavy atom. The van der Waals surface area contributed by atoms with E-state index < -0.39 is 5.97 Å². The standard InChI is InChI=1S/C16H22N2O3/c1-10(2)13-8-5-9-18(13)16(21)17-14-11(3)6-4-7-12(14)15(19)20/h4,6-7,10,13H,5,8-9H2,1-3H3,(H,17,21)(H,19,20). The lowest BCUT2D eigenvalue weighted by atomic mass is 10.0. The third-order valence-electron chi connectivity index (χ3n) is 4.06. The molecule has 1 aromatic rings. The summed E-state index contributed by atoms with van der Waals surface area (Å²) in [6, 6.07) is 5.01. The number of carboxylic acids is 1. The van der Waals surface area contributed by atoms with E-state index in [0.29, 0.717) is 11.6 Å². The number of amides is 2. The quantitative estimate of drug-likeness (QED) is 0.897. The van der Waals surface area contributed by atoms with Crippen molar-refractivity contribution < 1.29 is 14.7 Å². The smallest absolute Gasteiger partial charge is 0.337 e. The highest BCUT2D eigenvalue weighted by Gasteiger charge is 2.31. The summed E-state index contributed by atoms with van der Waals surface area (Å²) in [5.41, 5.74) is 1.27. The minimum Gasteiger partial charge on any atom is -0.478 e. The molecule has 1 atom stereocenters. The molecule has 1 aliphatic heterocycles. The van der Waals surface area contributed by atoms with Crippen LogP contribution in [0.4, 0.5) is 10.5 Å². The number of likely N-dealkylation sites (tertiary alicyclic amines) is 1. The molecule has 0 saturated carbocycles. The zero-order valence-corrected chi connectivity index (χ0v) is 12.7. The van der Waals surface area contributed by atoms with Gasteiger partial charge in [0, 0.05) is 12.6 Å². The van der Waals surface area contributed by atoms with Crippen molar-refractivity contribution in [1.82, 2.24) is 4.90 Å². The minimum absolute atomic E-state index is 0.128. The van der Waals surface area contributed by atoms with Gasteiger partial charge in [0.05, 0.1) is 11.3 Å². The van der Waals surface area contributed by atoms with Gasteiger partial charge in [0.15, 0.2) is 0 Å². The van der Waals surface area contributed by atoms with Crippen LogP contribution in [0.25, 0.3) is 0 Å². The summed E-state index contributed by atoms with van der Waals surface area (Å²) in [5.74, 6) is -0.634. The Kier molecular flexibility index (Phi) is 4.50. The fraction of sp³-hybridized carbons (Fsp3) is 0.500. The number of nitrogens with one attached hydrogen (secondary N) is 1. The third kappa shape index (κ3) is 3.17. The summed E-state index contributed by atoms with van der Waals surface area (Å²) in [4.78, 5) is 25.6. The molecule has 0 aromatic heterocycles. The van der Waals surface area contributed by atoms with Crippen molar-refractivity contribution in [1.29, 1.82) is 0 Å². The number of benzene rings is 1. The number of aryl methyl sites for hydroxylation is 1. The Balaban J connectivity index is 2.22. The molecule has 1 heterocycles. The molecular weight excluding hydrogens is 268 g/mol. The molecular formula is C16H22N2O3. The number of carboxylic acid groups (broad SMARTS) is 1. The fourth-order valence-corrected chi connectivity index (χ4v) is 2.93. The fourth-order valence-electron chi connectivity index (χ4n) is 2.93. The molecule has 21 heavy (non-hydrogen) atoms. The van der Waals surface area contributed by atoms with Gasteiger partial charge in [0.25, 0.3) is 0 Å². The number of anilines is 1. The molecule has 0 radical (unpaired) electrons. The van der Waals surface area contributed by atoms with Crippen molar-refractivity contribution in [3.05, 3.63) is 29.3 Å². The van der Waals surface area contributed by atoms with E-state index in [1.165, 1.54) is 6.07 Å². The van der Waals surface area contributed by atoms with Crippen molar-refractivity contribution in [3.63, 3.8) is 0 Å². The van der Waals surface area contributed by atoms with E-state index in [4.69, 9.17) is 0 Å². The van der Waals surface area contributed by atoms with Gasteiger partial charge in [-0.05, 0) is 37.3 Å². The van der Waals surface area contributed by atoms with Gasteiger partial charge in [-0.2, -0.15) is 0 Å². The molecule has 2 amide bonds. The third-order valence-corrected chi connectivity index (χ3v) is 4.06. The Hall–Kier alpha value is -2.04. The number of hydrogen-bond donors (Lipinski definition) is 2. The summed E-state index contributed by atoms with van der Waals surface area (Å²) < 4.78 is 0. The molecule has 0 aliphatic carbocycles. The van der Waals surface area contributed by atoms with Gasteiger partial charge in [0.1, 0.15) is 0 Å². The molecule has 0 spiro atoms. The van der Waals surface area contributed by atoms with Gasteiger partial charge >= 0.3 is 12.0 Å². The molecule has 1 fully saturated rings. The van der Waals surface area contributed by atoms with E-state index >= 15 is 0 Å². The highest BCUT2D eigenvalue weighted by Crippen LogP contribution is 2.26. The Morgan fingerprint density at radius 3 is 2.71 bits per heavy atom. The lowest BCUT2D eigenvalue weighted by Crippen LogP contribution is -2.41. The average molecular weight is 290 g/mol. The number of carbonyl (C=O) groups excluding carboxylic acids is 1. The van der Waals surface area contributed by atoms with E-state index in [2.05, 4.69) is 19.2 Å². The van der Waals surface area contributed by atoms with Crippen molar-refractivity contribution in [2.24, 2.45) is 5.92 Å². The Morgan fingerprint density at radius 1 is 1.38 bits per heavy atom. The first-order valence-corrected chi connectivity index (χ1v) is 7.32. The molecule has 2 rings (SSSR count). The van der Waals surface area contributed by atoms with Crippen molar-refractivity contribution in [2.75, 3.05) is 11.9 Å². The van der Waals surface area contributed by atoms with Gasteiger partial charge in [-0.1, -0.05) is 26.0 Å². The number of carbonyl (C=O) groups is 2. The zero-order chi connectivity index (χ0) is 15.6. The maximum atomic E-state index is 12.5.